The summed E-state index contributed by atoms with van der Waals surface area (Å²) in [6, 6.07) is -1.18. The molecule has 2 aliphatic rings. The number of likely N-dealkylation sites (tertiary alicyclic amines) is 1. The minimum atomic E-state index is -5.25. The molecule has 1 unspecified atom stereocenters. The van der Waals surface area contributed by atoms with Crippen LogP contribution in [0.25, 0.3) is 0 Å². The molecule has 3 N–H and O–H groups in total. The number of nitrogens with two attached hydrogens (primary N) is 1. The second-order valence-electron chi connectivity index (χ2n) is 8.14. The van der Waals surface area contributed by atoms with E-state index in [4.69, 9.17) is 5.73 Å². The third-order valence-electron chi connectivity index (χ3n) is 5.34. The van der Waals surface area contributed by atoms with Gasteiger partial charge in [0.05, 0.1) is 18.8 Å². The molecule has 2 atom stereocenters. The van der Waals surface area contributed by atoms with Crippen LogP contribution in [-0.2, 0) is 34.9 Å². The minimum absolute atomic E-state index is 0. The topological polar surface area (TPSA) is 113 Å². The molecule has 1 saturated heterocycles. The Bertz CT molecular complexity index is 975. The second kappa shape index (κ2) is 9.97. The summed E-state index contributed by atoms with van der Waals surface area (Å²) in [5, 5.41) is 9.48. The second-order valence-corrected chi connectivity index (χ2v) is 8.14. The first-order valence-electron chi connectivity index (χ1n) is 9.90. The van der Waals surface area contributed by atoms with Gasteiger partial charge in [-0.3, -0.25) is 9.59 Å². The SMILES string of the molecule is Cl.N[C@@H](CC(=O)N1CCc2c(nc(C(F)(F)F)nc2C(F)(F)F)C1)CN1CC(F)(F)CC(O)C1=O. The Labute approximate surface area is 198 Å². The van der Waals surface area contributed by atoms with Crippen molar-refractivity contribution in [2.24, 2.45) is 5.73 Å². The Balaban J connectivity index is 0.00000432. The van der Waals surface area contributed by atoms with E-state index in [9.17, 15) is 49.8 Å². The maximum atomic E-state index is 13.6. The lowest BCUT2D eigenvalue weighted by Crippen LogP contribution is -2.56. The zero-order chi connectivity index (χ0) is 25.6. The van der Waals surface area contributed by atoms with E-state index in [0.29, 0.717) is 4.90 Å². The molecule has 198 valence electrons. The Morgan fingerprint density at radius 3 is 2.37 bits per heavy atom. The molecule has 3 heterocycles. The third-order valence-corrected chi connectivity index (χ3v) is 5.34. The zero-order valence-electron chi connectivity index (χ0n) is 17.7. The van der Waals surface area contributed by atoms with Crippen LogP contribution in [0.1, 0.15) is 35.6 Å². The van der Waals surface area contributed by atoms with Gasteiger partial charge >= 0.3 is 12.4 Å². The Hall–Kier alpha value is -2.33. The van der Waals surface area contributed by atoms with Gasteiger partial charge in [0.25, 0.3) is 11.8 Å². The van der Waals surface area contributed by atoms with Gasteiger partial charge in [-0.25, -0.2) is 18.7 Å². The summed E-state index contributed by atoms with van der Waals surface area (Å²) >= 11 is 0. The van der Waals surface area contributed by atoms with Gasteiger partial charge in [-0.1, -0.05) is 0 Å². The van der Waals surface area contributed by atoms with Crippen LogP contribution in [0.3, 0.4) is 0 Å². The average molecular weight is 542 g/mol. The molecule has 0 bridgehead atoms. The molecule has 8 nitrogen and oxygen atoms in total. The highest BCUT2D eigenvalue weighted by Gasteiger charge is 2.46. The predicted molar refractivity (Wildman–Crippen MR) is 103 cm³/mol. The zero-order valence-corrected chi connectivity index (χ0v) is 18.5. The van der Waals surface area contributed by atoms with Gasteiger partial charge in [0, 0.05) is 37.5 Å². The van der Waals surface area contributed by atoms with Gasteiger partial charge in [0.15, 0.2) is 5.69 Å². The number of piperidine rings is 1. The number of rotatable bonds is 4. The summed E-state index contributed by atoms with van der Waals surface area (Å²) in [5.41, 5.74) is 2.88. The van der Waals surface area contributed by atoms with Crippen LogP contribution in [0.5, 0.6) is 0 Å². The molecular weight excluding hydrogens is 522 g/mol. The van der Waals surface area contributed by atoms with E-state index in [2.05, 4.69) is 9.97 Å². The fourth-order valence-corrected chi connectivity index (χ4v) is 3.86. The average Bonchev–Trinajstić information content (AvgIpc) is 2.68. The number of nitrogens with zero attached hydrogens (tertiary/aromatic N) is 4. The molecule has 0 spiro atoms. The number of carbonyl (C=O) groups is 2. The monoisotopic (exact) mass is 541 g/mol. The first-order valence-corrected chi connectivity index (χ1v) is 9.90. The van der Waals surface area contributed by atoms with Crippen molar-refractivity contribution in [2.75, 3.05) is 19.6 Å². The number of alkyl halides is 8. The molecular formula is C18H20ClF8N5O3. The standard InChI is InChI=1S/C18H19F8N5O3.ClH/c19-16(20)4-11(32)14(34)31(7-16)5-8(27)3-12(33)30-2-1-9-10(6-30)28-15(18(24,25)26)29-13(9)17(21,22)23;/h8,11,32H,1-7,27H2;1H/t8-,11?;/m0./s1. The quantitative estimate of drug-likeness (QED) is 0.562. The fraction of sp³-hybridized carbons (Fsp3) is 0.667. The largest absolute Gasteiger partial charge is 0.451 e. The number of aromatic nitrogens is 2. The van der Waals surface area contributed by atoms with Crippen molar-refractivity contribution in [2.45, 2.75) is 56.2 Å². The van der Waals surface area contributed by atoms with E-state index in [0.717, 1.165) is 4.90 Å². The highest BCUT2D eigenvalue weighted by atomic mass is 35.5. The third kappa shape index (κ3) is 6.67. The summed E-state index contributed by atoms with van der Waals surface area (Å²) in [6.45, 7) is -2.50. The Morgan fingerprint density at radius 1 is 1.17 bits per heavy atom. The molecule has 1 aromatic rings. The minimum Gasteiger partial charge on any atom is -0.383 e. The lowest BCUT2D eigenvalue weighted by molar-refractivity contribution is -0.164. The van der Waals surface area contributed by atoms with Gasteiger partial charge in [-0.2, -0.15) is 26.3 Å². The molecule has 3 rings (SSSR count). The number of fused-ring (bicyclic) bond motifs is 1. The summed E-state index contributed by atoms with van der Waals surface area (Å²) in [7, 11) is 0. The summed E-state index contributed by atoms with van der Waals surface area (Å²) < 4.78 is 106. The van der Waals surface area contributed by atoms with Crippen molar-refractivity contribution < 1.29 is 49.8 Å². The van der Waals surface area contributed by atoms with Crippen LogP contribution in [0.2, 0.25) is 0 Å². The number of aliphatic hydroxyl groups excluding tert-OH is 1. The lowest BCUT2D eigenvalue weighted by atomic mass is 10.0. The van der Waals surface area contributed by atoms with E-state index in [1.54, 1.807) is 0 Å². The molecule has 1 aromatic heterocycles. The molecule has 17 heteroatoms. The molecule has 2 amide bonds. The maximum Gasteiger partial charge on any atom is 0.451 e. The Kier molecular flexibility index (Phi) is 8.23. The highest BCUT2D eigenvalue weighted by molar-refractivity contribution is 5.85. The molecule has 0 radical (unpaired) electrons. The molecule has 0 aliphatic carbocycles. The van der Waals surface area contributed by atoms with Gasteiger partial charge < -0.3 is 20.6 Å². The summed E-state index contributed by atoms with van der Waals surface area (Å²) in [4.78, 5) is 31.8. The number of carbonyl (C=O) groups excluding carboxylic acids is 2. The highest BCUT2D eigenvalue weighted by Crippen LogP contribution is 2.37. The first-order chi connectivity index (χ1) is 15.5. The summed E-state index contributed by atoms with van der Waals surface area (Å²) in [5.74, 6) is -7.13. The number of hydrogen-bond donors (Lipinski definition) is 2. The Morgan fingerprint density at radius 2 is 1.80 bits per heavy atom. The predicted octanol–water partition coefficient (Wildman–Crippen LogP) is 1.77. The molecule has 35 heavy (non-hydrogen) atoms. The molecule has 0 saturated carbocycles. The number of hydrogen-bond acceptors (Lipinski definition) is 6. The van der Waals surface area contributed by atoms with Crippen LogP contribution < -0.4 is 5.73 Å². The maximum absolute atomic E-state index is 13.6. The van der Waals surface area contributed by atoms with E-state index in [1.165, 1.54) is 0 Å². The van der Waals surface area contributed by atoms with E-state index in [1.807, 2.05) is 0 Å². The first kappa shape index (κ1) is 28.9. The van der Waals surface area contributed by atoms with E-state index in [-0.39, 0.29) is 19.0 Å². The van der Waals surface area contributed by atoms with Crippen LogP contribution in [0.15, 0.2) is 0 Å². The van der Waals surface area contributed by atoms with Crippen LogP contribution >= 0.6 is 12.4 Å². The van der Waals surface area contributed by atoms with Crippen molar-refractivity contribution in [1.82, 2.24) is 19.8 Å². The van der Waals surface area contributed by atoms with Gasteiger partial charge in [-0.05, 0) is 6.42 Å². The van der Waals surface area contributed by atoms with Crippen LogP contribution in [-0.4, -0.2) is 74.4 Å². The van der Waals surface area contributed by atoms with Crippen molar-refractivity contribution in [3.8, 4) is 0 Å². The summed E-state index contributed by atoms with van der Waals surface area (Å²) in [6.07, 6.45) is -14.4. The van der Waals surface area contributed by atoms with Crippen LogP contribution in [0.4, 0.5) is 35.1 Å². The van der Waals surface area contributed by atoms with Gasteiger partial charge in [0.1, 0.15) is 6.10 Å². The molecule has 0 aromatic carbocycles. The fourth-order valence-electron chi connectivity index (χ4n) is 3.86. The van der Waals surface area contributed by atoms with Crippen molar-refractivity contribution in [1.29, 1.82) is 0 Å². The van der Waals surface area contributed by atoms with Crippen molar-refractivity contribution in [3.05, 3.63) is 22.8 Å². The number of aliphatic hydroxyl groups is 1. The van der Waals surface area contributed by atoms with E-state index >= 15 is 0 Å². The normalized spacial score (nSPS) is 21.3. The van der Waals surface area contributed by atoms with Gasteiger partial charge in [-0.15, -0.1) is 12.4 Å². The van der Waals surface area contributed by atoms with Crippen molar-refractivity contribution in [3.63, 3.8) is 0 Å². The molecule has 1 fully saturated rings. The van der Waals surface area contributed by atoms with Crippen LogP contribution in [0, 0.1) is 0 Å². The van der Waals surface area contributed by atoms with Crippen molar-refractivity contribution >= 4 is 24.2 Å². The number of halogens is 9. The molecule has 2 aliphatic heterocycles. The van der Waals surface area contributed by atoms with Gasteiger partial charge in [0.2, 0.25) is 11.7 Å². The number of amides is 2. The lowest BCUT2D eigenvalue weighted by Gasteiger charge is -2.36. The smallest absolute Gasteiger partial charge is 0.383 e. The van der Waals surface area contributed by atoms with E-state index < -0.39 is 104 Å².